The molecule has 1 aromatic rings. The molecule has 0 aliphatic carbocycles. The maximum absolute atomic E-state index is 12.8. The number of nitrogens with one attached hydrogen (secondary N) is 1. The van der Waals surface area contributed by atoms with Crippen molar-refractivity contribution < 1.29 is 13.2 Å². The van der Waals surface area contributed by atoms with E-state index in [0.717, 1.165) is 24.2 Å². The van der Waals surface area contributed by atoms with Gasteiger partial charge in [-0.2, -0.15) is 17.0 Å². The zero-order valence-electron chi connectivity index (χ0n) is 13.4. The first kappa shape index (κ1) is 16.6. The van der Waals surface area contributed by atoms with E-state index in [1.807, 2.05) is 19.2 Å². The molecule has 0 bridgehead atoms. The van der Waals surface area contributed by atoms with Gasteiger partial charge in [0.1, 0.15) is 5.82 Å². The standard InChI is InChI=1S/C15H24N4O3S/c1-16-15-11-13(4-5-17-15)14-3-2-6-19(12-14)23(20,21)18-7-9-22-10-8-18/h4-5,11,14H,2-3,6-10,12H2,1H3,(H,16,17)/t14-/m1/s1. The van der Waals surface area contributed by atoms with Crippen molar-refractivity contribution in [1.29, 1.82) is 0 Å². The van der Waals surface area contributed by atoms with Crippen LogP contribution < -0.4 is 5.32 Å². The fourth-order valence-electron chi connectivity index (χ4n) is 3.20. The second-order valence-corrected chi connectivity index (χ2v) is 7.87. The van der Waals surface area contributed by atoms with Gasteiger partial charge in [0.05, 0.1) is 13.2 Å². The number of ether oxygens (including phenoxy) is 1. The summed E-state index contributed by atoms with van der Waals surface area (Å²) in [7, 11) is -1.55. The zero-order chi connectivity index (χ0) is 16.3. The molecule has 3 heterocycles. The molecule has 2 saturated heterocycles. The van der Waals surface area contributed by atoms with Crippen LogP contribution in [0.25, 0.3) is 0 Å². The van der Waals surface area contributed by atoms with Crippen molar-refractivity contribution in [1.82, 2.24) is 13.6 Å². The minimum Gasteiger partial charge on any atom is -0.379 e. The Hall–Kier alpha value is -1.22. The second kappa shape index (κ2) is 7.12. The molecule has 1 aromatic heterocycles. The Labute approximate surface area is 137 Å². The zero-order valence-corrected chi connectivity index (χ0v) is 14.3. The van der Waals surface area contributed by atoms with E-state index in [1.165, 1.54) is 0 Å². The largest absolute Gasteiger partial charge is 0.379 e. The predicted octanol–water partition coefficient (Wildman–Crippen LogP) is 0.880. The Kier molecular flexibility index (Phi) is 5.15. The van der Waals surface area contributed by atoms with Crippen molar-refractivity contribution in [2.24, 2.45) is 0 Å². The molecule has 2 fully saturated rings. The number of rotatable bonds is 4. The molecule has 0 spiro atoms. The topological polar surface area (TPSA) is 74.8 Å². The number of anilines is 1. The van der Waals surface area contributed by atoms with Gasteiger partial charge in [0.15, 0.2) is 0 Å². The predicted molar refractivity (Wildman–Crippen MR) is 88.6 cm³/mol. The Morgan fingerprint density at radius 1 is 1.26 bits per heavy atom. The van der Waals surface area contributed by atoms with Crippen LogP contribution >= 0.6 is 0 Å². The van der Waals surface area contributed by atoms with Crippen molar-refractivity contribution in [3.63, 3.8) is 0 Å². The van der Waals surface area contributed by atoms with E-state index >= 15 is 0 Å². The van der Waals surface area contributed by atoms with Gasteiger partial charge in [0.25, 0.3) is 10.2 Å². The van der Waals surface area contributed by atoms with Crippen LogP contribution in [0.4, 0.5) is 5.82 Å². The third-order valence-electron chi connectivity index (χ3n) is 4.52. The summed E-state index contributed by atoms with van der Waals surface area (Å²) < 4.78 is 34.1. The van der Waals surface area contributed by atoms with Crippen LogP contribution in [0.1, 0.15) is 24.3 Å². The molecule has 23 heavy (non-hydrogen) atoms. The third kappa shape index (κ3) is 3.65. The molecule has 2 aliphatic heterocycles. The summed E-state index contributed by atoms with van der Waals surface area (Å²) in [6.45, 7) is 2.98. The fraction of sp³-hybridized carbons (Fsp3) is 0.667. The monoisotopic (exact) mass is 340 g/mol. The summed E-state index contributed by atoms with van der Waals surface area (Å²) in [4.78, 5) is 4.23. The Morgan fingerprint density at radius 3 is 2.78 bits per heavy atom. The normalized spacial score (nSPS) is 24.5. The fourth-order valence-corrected chi connectivity index (χ4v) is 4.87. The van der Waals surface area contributed by atoms with Crippen molar-refractivity contribution in [3.05, 3.63) is 23.9 Å². The first-order valence-corrected chi connectivity index (χ1v) is 9.47. The Balaban J connectivity index is 1.74. The van der Waals surface area contributed by atoms with Crippen LogP contribution in [-0.4, -0.2) is 68.5 Å². The summed E-state index contributed by atoms with van der Waals surface area (Å²) in [6.07, 6.45) is 3.66. The van der Waals surface area contributed by atoms with Gasteiger partial charge in [-0.3, -0.25) is 0 Å². The molecule has 3 rings (SSSR count). The maximum atomic E-state index is 12.8. The first-order valence-electron chi connectivity index (χ1n) is 8.08. The lowest BCUT2D eigenvalue weighted by atomic mass is 9.92. The molecule has 0 aromatic carbocycles. The minimum atomic E-state index is -3.39. The van der Waals surface area contributed by atoms with E-state index in [9.17, 15) is 8.42 Å². The lowest BCUT2D eigenvalue weighted by Gasteiger charge is -2.36. The van der Waals surface area contributed by atoms with Crippen LogP contribution in [0.2, 0.25) is 0 Å². The van der Waals surface area contributed by atoms with Gasteiger partial charge >= 0.3 is 0 Å². The highest BCUT2D eigenvalue weighted by molar-refractivity contribution is 7.86. The number of hydrogen-bond acceptors (Lipinski definition) is 5. The molecule has 128 valence electrons. The van der Waals surface area contributed by atoms with E-state index in [0.29, 0.717) is 39.4 Å². The first-order chi connectivity index (χ1) is 11.1. The van der Waals surface area contributed by atoms with Gasteiger partial charge in [0, 0.05) is 39.4 Å². The summed E-state index contributed by atoms with van der Waals surface area (Å²) in [6, 6.07) is 3.99. The molecular weight excluding hydrogens is 316 g/mol. The molecular formula is C15H24N4O3S. The Bertz CT molecular complexity index is 631. The molecule has 1 atom stereocenters. The van der Waals surface area contributed by atoms with Crippen molar-refractivity contribution in [3.8, 4) is 0 Å². The average molecular weight is 340 g/mol. The average Bonchev–Trinajstić information content (AvgIpc) is 2.62. The maximum Gasteiger partial charge on any atom is 0.282 e. The molecule has 7 nitrogen and oxygen atoms in total. The van der Waals surface area contributed by atoms with Crippen LogP contribution in [-0.2, 0) is 14.9 Å². The van der Waals surface area contributed by atoms with Crippen LogP contribution in [0.5, 0.6) is 0 Å². The van der Waals surface area contributed by atoms with Gasteiger partial charge < -0.3 is 10.1 Å². The van der Waals surface area contributed by atoms with E-state index in [-0.39, 0.29) is 5.92 Å². The third-order valence-corrected chi connectivity index (χ3v) is 6.52. The highest BCUT2D eigenvalue weighted by Crippen LogP contribution is 2.30. The number of morpholine rings is 1. The van der Waals surface area contributed by atoms with Gasteiger partial charge in [-0.1, -0.05) is 0 Å². The molecule has 0 saturated carbocycles. The molecule has 8 heteroatoms. The van der Waals surface area contributed by atoms with Crippen molar-refractivity contribution >= 4 is 16.0 Å². The summed E-state index contributed by atoms with van der Waals surface area (Å²) in [5, 5.41) is 3.03. The highest BCUT2D eigenvalue weighted by Gasteiger charge is 2.34. The lowest BCUT2D eigenvalue weighted by molar-refractivity contribution is 0.0695. The lowest BCUT2D eigenvalue weighted by Crippen LogP contribution is -2.51. The van der Waals surface area contributed by atoms with Crippen LogP contribution in [0.15, 0.2) is 18.3 Å². The number of hydrogen-bond donors (Lipinski definition) is 1. The molecule has 0 amide bonds. The number of pyridine rings is 1. The summed E-state index contributed by atoms with van der Waals surface area (Å²) in [5.41, 5.74) is 1.14. The van der Waals surface area contributed by atoms with Crippen LogP contribution in [0, 0.1) is 0 Å². The number of piperidine rings is 1. The Morgan fingerprint density at radius 2 is 2.04 bits per heavy atom. The molecule has 0 unspecified atom stereocenters. The highest BCUT2D eigenvalue weighted by atomic mass is 32.2. The SMILES string of the molecule is CNc1cc([C@@H]2CCCN(S(=O)(=O)N3CCOCC3)C2)ccn1. The van der Waals surface area contributed by atoms with Crippen molar-refractivity contribution in [2.45, 2.75) is 18.8 Å². The smallest absolute Gasteiger partial charge is 0.282 e. The van der Waals surface area contributed by atoms with Gasteiger partial charge in [-0.25, -0.2) is 4.98 Å². The summed E-state index contributed by atoms with van der Waals surface area (Å²) in [5.74, 6) is 1.03. The minimum absolute atomic E-state index is 0.217. The second-order valence-electron chi connectivity index (χ2n) is 5.94. The van der Waals surface area contributed by atoms with Crippen LogP contribution in [0.3, 0.4) is 0 Å². The van der Waals surface area contributed by atoms with E-state index in [2.05, 4.69) is 10.3 Å². The number of nitrogens with zero attached hydrogens (tertiary/aromatic N) is 3. The van der Waals surface area contributed by atoms with E-state index in [4.69, 9.17) is 4.74 Å². The van der Waals surface area contributed by atoms with Crippen molar-refractivity contribution in [2.75, 3.05) is 51.8 Å². The van der Waals surface area contributed by atoms with E-state index in [1.54, 1.807) is 14.8 Å². The summed E-state index contributed by atoms with van der Waals surface area (Å²) >= 11 is 0. The molecule has 2 aliphatic rings. The van der Waals surface area contributed by atoms with Gasteiger partial charge in [-0.15, -0.1) is 0 Å². The molecule has 0 radical (unpaired) electrons. The van der Waals surface area contributed by atoms with Gasteiger partial charge in [0.2, 0.25) is 0 Å². The quantitative estimate of drug-likeness (QED) is 0.881. The molecule has 1 N–H and O–H groups in total. The van der Waals surface area contributed by atoms with Gasteiger partial charge in [-0.05, 0) is 36.5 Å². The van der Waals surface area contributed by atoms with E-state index < -0.39 is 10.2 Å². The number of aromatic nitrogens is 1.